The van der Waals surface area contributed by atoms with Crippen molar-refractivity contribution in [2.75, 3.05) is 37.0 Å². The van der Waals surface area contributed by atoms with Gasteiger partial charge < -0.3 is 40.2 Å². The summed E-state index contributed by atoms with van der Waals surface area (Å²) in [7, 11) is -0.189. The molecule has 8 atom stereocenters. The summed E-state index contributed by atoms with van der Waals surface area (Å²) in [6.07, 6.45) is 34.1. The van der Waals surface area contributed by atoms with Crippen LogP contribution >= 0.6 is 15.8 Å². The minimum Gasteiger partial charge on any atom is -0.550 e. The summed E-state index contributed by atoms with van der Waals surface area (Å²) in [4.78, 5) is 64.4. The fraction of sp³-hybridized carbons (Fsp3) is 0.872. The topological polar surface area (TPSA) is 229 Å². The van der Waals surface area contributed by atoms with Crippen molar-refractivity contribution >= 4 is 51.7 Å². The molecule has 4 fully saturated rings. The number of carbonyl (C=O) groups is 6. The van der Waals surface area contributed by atoms with E-state index in [0.717, 1.165) is 117 Å². The first kappa shape index (κ1) is 58.4. The monoisotopic (exact) mass is 1000 g/mol. The zero-order chi connectivity index (χ0) is 45.2. The molecule has 0 spiro atoms. The van der Waals surface area contributed by atoms with Crippen LogP contribution in [0, 0.1) is 47.3 Å². The quantitative estimate of drug-likeness (QED) is 0.0527. The normalized spacial score (nSPS) is 27.0. The summed E-state index contributed by atoms with van der Waals surface area (Å²) >= 11 is 0. The maximum Gasteiger partial charge on any atom is 2.00 e. The standard InChI is InChI=1S/C43H74O8P2.2C2H4O2.Pd/c44-40(45)36-18-1-10-32(28-36)14-5-22-52(23-6-15-33-11-2-19-37(29-33)41(46)47)26-9-27-53(24-7-16-34-12-3-20-38(30-34)42(48)49)25-8-17-35-13-4-21-39(31-35)43(50)51;2*1-2(3)4;/h32-39H,1-31H2,(H,44,45)(H,46,47)(H,48,49)(H,50,51);2*1H3,(H,3,4);/q;;;+2/p-2. The fourth-order valence-electron chi connectivity index (χ4n) is 10.7. The largest absolute Gasteiger partial charge is 2.00 e. The van der Waals surface area contributed by atoms with Crippen molar-refractivity contribution in [3.05, 3.63) is 0 Å². The maximum absolute atomic E-state index is 11.7. The molecule has 0 saturated heterocycles. The molecule has 0 bridgehead atoms. The van der Waals surface area contributed by atoms with Crippen molar-refractivity contribution in [3.8, 4) is 0 Å². The van der Waals surface area contributed by atoms with Crippen LogP contribution in [-0.2, 0) is 49.2 Å². The van der Waals surface area contributed by atoms with Gasteiger partial charge in [0.05, 0.1) is 23.7 Å². The number of aliphatic carboxylic acids is 6. The Morgan fingerprint density at radius 3 is 0.790 bits per heavy atom. The van der Waals surface area contributed by atoms with Gasteiger partial charge in [0, 0.05) is 11.9 Å². The Kier molecular flexibility index (Phi) is 31.8. The molecule has 8 unspecified atom stereocenters. The second kappa shape index (κ2) is 33.8. The molecule has 62 heavy (non-hydrogen) atoms. The Morgan fingerprint density at radius 2 is 0.597 bits per heavy atom. The average Bonchev–Trinajstić information content (AvgIpc) is 3.20. The van der Waals surface area contributed by atoms with Gasteiger partial charge in [-0.1, -0.05) is 77.0 Å². The SMILES string of the molecule is CC(=O)[O-].CC(=O)[O-].O=C(O)C1CCCC(CCCP(CCCC2CCCC(C(=O)O)C2)CCCP(CCCC2CCCC(C(=O)O)C2)CCCC2CCCC(C(=O)O)C2)C1.[Pd+2]. The predicted molar refractivity (Wildman–Crippen MR) is 238 cm³/mol. The molecule has 4 rings (SSSR count). The number of carboxylic acids is 6. The molecule has 4 aliphatic carbocycles. The Balaban J connectivity index is 0.00000196. The van der Waals surface area contributed by atoms with Gasteiger partial charge in [-0.25, -0.2) is 0 Å². The summed E-state index contributed by atoms with van der Waals surface area (Å²) in [6.45, 7) is 1.94. The van der Waals surface area contributed by atoms with Crippen molar-refractivity contribution in [3.63, 3.8) is 0 Å². The molecule has 0 heterocycles. The van der Waals surface area contributed by atoms with Gasteiger partial charge in [-0.3, -0.25) is 19.2 Å². The van der Waals surface area contributed by atoms with E-state index in [0.29, 0.717) is 23.7 Å². The molecule has 360 valence electrons. The minimum atomic E-state index is -1.08. The van der Waals surface area contributed by atoms with Crippen molar-refractivity contribution in [2.45, 2.75) is 174 Å². The van der Waals surface area contributed by atoms with Crippen molar-refractivity contribution in [2.24, 2.45) is 47.3 Å². The Bertz CT molecular complexity index is 1140. The van der Waals surface area contributed by atoms with Gasteiger partial charge in [0.1, 0.15) is 0 Å². The Morgan fingerprint density at radius 1 is 0.403 bits per heavy atom. The fourth-order valence-corrected chi connectivity index (χ4v) is 16.0. The predicted octanol–water partition coefficient (Wildman–Crippen LogP) is 8.54. The third-order valence-electron chi connectivity index (χ3n) is 13.8. The van der Waals surface area contributed by atoms with E-state index in [1.165, 1.54) is 94.8 Å². The maximum atomic E-state index is 11.7. The van der Waals surface area contributed by atoms with E-state index in [2.05, 4.69) is 0 Å². The third kappa shape index (κ3) is 27.0. The zero-order valence-electron chi connectivity index (χ0n) is 37.8. The second-order valence-corrected chi connectivity index (χ2v) is 24.2. The van der Waals surface area contributed by atoms with Crippen LogP contribution in [0.15, 0.2) is 0 Å². The van der Waals surface area contributed by atoms with E-state index in [-0.39, 0.29) is 59.9 Å². The van der Waals surface area contributed by atoms with E-state index in [1.54, 1.807) is 0 Å². The smallest absolute Gasteiger partial charge is 0.550 e. The molecule has 15 heteroatoms. The van der Waals surface area contributed by atoms with E-state index < -0.39 is 35.8 Å². The van der Waals surface area contributed by atoms with Gasteiger partial charge >= 0.3 is 44.3 Å². The molecule has 4 saturated carbocycles. The summed E-state index contributed by atoms with van der Waals surface area (Å²) in [5.41, 5.74) is 0. The molecular weight excluding hydrogens is 925 g/mol. The summed E-state index contributed by atoms with van der Waals surface area (Å²) in [5, 5.41) is 56.2. The van der Waals surface area contributed by atoms with Crippen molar-refractivity contribution in [1.29, 1.82) is 0 Å². The molecule has 0 aromatic heterocycles. The summed E-state index contributed by atoms with van der Waals surface area (Å²) in [5.74, 6) is -3.07. The molecule has 0 aliphatic heterocycles. The van der Waals surface area contributed by atoms with E-state index in [9.17, 15) is 39.6 Å². The molecule has 12 nitrogen and oxygen atoms in total. The third-order valence-corrected chi connectivity index (χ3v) is 19.5. The van der Waals surface area contributed by atoms with Crippen LogP contribution in [0.3, 0.4) is 0 Å². The van der Waals surface area contributed by atoms with E-state index in [4.69, 9.17) is 19.8 Å². The average molecular weight is 1010 g/mol. The number of hydrogen-bond donors (Lipinski definition) is 4. The number of hydrogen-bond acceptors (Lipinski definition) is 8. The van der Waals surface area contributed by atoms with E-state index >= 15 is 0 Å². The second-order valence-electron chi connectivity index (χ2n) is 18.9. The molecule has 0 aromatic carbocycles. The van der Waals surface area contributed by atoms with Crippen molar-refractivity contribution in [1.82, 2.24) is 0 Å². The Labute approximate surface area is 388 Å². The first-order chi connectivity index (χ1) is 29.0. The van der Waals surface area contributed by atoms with Gasteiger partial charge in [-0.2, -0.15) is 0 Å². The molecule has 0 amide bonds. The molecule has 0 radical (unpaired) electrons. The summed E-state index contributed by atoms with van der Waals surface area (Å²) in [6, 6.07) is 0. The van der Waals surface area contributed by atoms with Gasteiger partial charge in [0.15, 0.2) is 0 Å². The first-order valence-corrected chi connectivity index (χ1v) is 27.5. The van der Waals surface area contributed by atoms with Crippen LogP contribution < -0.4 is 10.2 Å². The molecule has 4 aliphatic rings. The number of rotatable bonds is 24. The van der Waals surface area contributed by atoms with Crippen LogP contribution in [0.2, 0.25) is 0 Å². The van der Waals surface area contributed by atoms with E-state index in [1.807, 2.05) is 0 Å². The first-order valence-electron chi connectivity index (χ1n) is 23.7. The molecule has 4 N–H and O–H groups in total. The zero-order valence-corrected chi connectivity index (χ0v) is 41.1. The van der Waals surface area contributed by atoms with Gasteiger partial charge in [-0.15, -0.1) is 15.8 Å². The van der Waals surface area contributed by atoms with Crippen LogP contribution in [0.1, 0.15) is 174 Å². The molecule has 0 aromatic rings. The van der Waals surface area contributed by atoms with Crippen molar-refractivity contribution < 1.29 is 79.8 Å². The number of carboxylic acid groups (broad SMARTS) is 6. The molecular formula is C47H80O12P2Pd. The van der Waals surface area contributed by atoms with Gasteiger partial charge in [0.25, 0.3) is 0 Å². The van der Waals surface area contributed by atoms with Crippen LogP contribution in [0.25, 0.3) is 0 Å². The minimum absolute atomic E-state index is 0. The Hall–Kier alpha value is -1.66. The van der Waals surface area contributed by atoms with Crippen LogP contribution in [-0.4, -0.2) is 93.2 Å². The number of carbonyl (C=O) groups excluding carboxylic acids is 2. The van der Waals surface area contributed by atoms with Gasteiger partial charge in [-0.05, 0) is 158 Å². The van der Waals surface area contributed by atoms with Crippen LogP contribution in [0.4, 0.5) is 0 Å². The van der Waals surface area contributed by atoms with Crippen LogP contribution in [0.5, 0.6) is 0 Å². The van der Waals surface area contributed by atoms with Gasteiger partial charge in [0.2, 0.25) is 0 Å². The summed E-state index contributed by atoms with van der Waals surface area (Å²) < 4.78 is 0.